The fraction of sp³-hybridized carbons (Fsp3) is 1.00. The Morgan fingerprint density at radius 3 is 2.16 bits per heavy atom. The minimum Gasteiger partial charge on any atom is -0.378 e. The fourth-order valence-electron chi connectivity index (χ4n) is 3.94. The number of piperidine rings is 1. The van der Waals surface area contributed by atoms with Crippen molar-refractivity contribution in [1.82, 2.24) is 9.80 Å². The smallest absolute Gasteiger partial charge is 0.0538 e. The molecule has 2 aliphatic heterocycles. The van der Waals surface area contributed by atoms with E-state index in [1.807, 2.05) is 0 Å². The van der Waals surface area contributed by atoms with Gasteiger partial charge in [0.2, 0.25) is 0 Å². The lowest BCUT2D eigenvalue weighted by Crippen LogP contribution is -2.59. The molecule has 1 spiro atoms. The first-order valence-corrected chi connectivity index (χ1v) is 8.04. The van der Waals surface area contributed by atoms with Gasteiger partial charge in [-0.15, -0.1) is 0 Å². The van der Waals surface area contributed by atoms with Crippen molar-refractivity contribution < 1.29 is 4.74 Å². The van der Waals surface area contributed by atoms with E-state index < -0.39 is 0 Å². The van der Waals surface area contributed by atoms with Crippen LogP contribution < -0.4 is 0 Å². The van der Waals surface area contributed by atoms with Gasteiger partial charge in [-0.3, -0.25) is 0 Å². The zero-order valence-electron chi connectivity index (χ0n) is 13.0. The monoisotopic (exact) mass is 266 g/mol. The van der Waals surface area contributed by atoms with Gasteiger partial charge in [0.15, 0.2) is 0 Å². The Morgan fingerprint density at radius 2 is 1.68 bits per heavy atom. The maximum Gasteiger partial charge on any atom is 0.0538 e. The topological polar surface area (TPSA) is 15.7 Å². The van der Waals surface area contributed by atoms with Gasteiger partial charge in [-0.1, -0.05) is 0 Å². The minimum absolute atomic E-state index is 0.382. The highest BCUT2D eigenvalue weighted by Gasteiger charge is 2.47. The third-order valence-electron chi connectivity index (χ3n) is 5.37. The molecule has 1 saturated carbocycles. The van der Waals surface area contributed by atoms with E-state index in [9.17, 15) is 0 Å². The molecule has 0 aromatic carbocycles. The highest BCUT2D eigenvalue weighted by molar-refractivity contribution is 5.00. The summed E-state index contributed by atoms with van der Waals surface area (Å²) >= 11 is 0. The van der Waals surface area contributed by atoms with E-state index in [4.69, 9.17) is 4.74 Å². The molecule has 0 bridgehead atoms. The molecule has 110 valence electrons. The number of likely N-dealkylation sites (tertiary alicyclic amines) is 2. The molecule has 1 aliphatic carbocycles. The zero-order valence-corrected chi connectivity index (χ0v) is 13.0. The second-order valence-corrected chi connectivity index (χ2v) is 7.81. The summed E-state index contributed by atoms with van der Waals surface area (Å²) in [6, 6.07) is 0. The third kappa shape index (κ3) is 3.14. The summed E-state index contributed by atoms with van der Waals surface area (Å²) < 4.78 is 5.86. The Bertz CT molecular complexity index is 309. The van der Waals surface area contributed by atoms with E-state index in [0.29, 0.717) is 16.9 Å². The molecule has 0 unspecified atom stereocenters. The molecular formula is C16H30N2O. The van der Waals surface area contributed by atoms with E-state index in [0.717, 1.165) is 6.61 Å². The Kier molecular flexibility index (Phi) is 3.65. The van der Waals surface area contributed by atoms with Crippen LogP contribution in [0.25, 0.3) is 0 Å². The van der Waals surface area contributed by atoms with Gasteiger partial charge in [-0.25, -0.2) is 0 Å². The first-order valence-electron chi connectivity index (χ1n) is 8.04. The molecule has 0 aromatic heterocycles. The average molecular weight is 266 g/mol. The Labute approximate surface area is 118 Å². The van der Waals surface area contributed by atoms with Crippen molar-refractivity contribution in [1.29, 1.82) is 0 Å². The molecule has 3 fully saturated rings. The number of ether oxygens (including phenoxy) is 1. The molecule has 0 amide bonds. The first-order chi connectivity index (χ1) is 9.01. The van der Waals surface area contributed by atoms with E-state index in [1.54, 1.807) is 0 Å². The molecule has 0 atom stereocenters. The number of rotatable bonds is 5. The molecule has 2 heterocycles. The van der Waals surface area contributed by atoms with Crippen molar-refractivity contribution in [3.05, 3.63) is 0 Å². The van der Waals surface area contributed by atoms with E-state index in [1.165, 1.54) is 58.4 Å². The Morgan fingerprint density at radius 1 is 1.05 bits per heavy atom. The van der Waals surface area contributed by atoms with Crippen LogP contribution in [0.4, 0.5) is 0 Å². The van der Waals surface area contributed by atoms with Gasteiger partial charge in [-0.2, -0.15) is 0 Å². The van der Waals surface area contributed by atoms with Gasteiger partial charge < -0.3 is 14.5 Å². The second-order valence-electron chi connectivity index (χ2n) is 7.81. The summed E-state index contributed by atoms with van der Waals surface area (Å²) in [6.07, 6.45) is 5.97. The summed E-state index contributed by atoms with van der Waals surface area (Å²) in [5, 5.41) is 0. The molecule has 2 saturated heterocycles. The maximum atomic E-state index is 5.86. The van der Waals surface area contributed by atoms with Crippen LogP contribution in [0.3, 0.4) is 0 Å². The third-order valence-corrected chi connectivity index (χ3v) is 5.37. The highest BCUT2D eigenvalue weighted by atomic mass is 16.5. The second kappa shape index (κ2) is 5.01. The lowest BCUT2D eigenvalue weighted by atomic mass is 9.72. The largest absolute Gasteiger partial charge is 0.378 e. The van der Waals surface area contributed by atoms with Crippen LogP contribution in [-0.2, 0) is 4.74 Å². The number of nitrogens with zero attached hydrogens (tertiary/aromatic N) is 2. The van der Waals surface area contributed by atoms with Crippen LogP contribution in [0.15, 0.2) is 0 Å². The van der Waals surface area contributed by atoms with Crippen molar-refractivity contribution in [2.45, 2.75) is 45.6 Å². The molecule has 0 radical (unpaired) electrons. The van der Waals surface area contributed by atoms with Crippen LogP contribution in [0, 0.1) is 10.8 Å². The number of hydrogen-bond donors (Lipinski definition) is 0. The van der Waals surface area contributed by atoms with Crippen molar-refractivity contribution in [2.75, 3.05) is 46.4 Å². The highest BCUT2D eigenvalue weighted by Crippen LogP contribution is 2.48. The van der Waals surface area contributed by atoms with Gasteiger partial charge in [0.05, 0.1) is 12.7 Å². The van der Waals surface area contributed by atoms with Gasteiger partial charge in [0.1, 0.15) is 0 Å². The predicted octanol–water partition coefficient (Wildman–Crippen LogP) is 2.22. The van der Waals surface area contributed by atoms with E-state index >= 15 is 0 Å². The summed E-state index contributed by atoms with van der Waals surface area (Å²) in [7, 11) is 2.25. The zero-order chi connectivity index (χ0) is 13.5. The first kappa shape index (κ1) is 13.8. The molecule has 3 nitrogen and oxygen atoms in total. The van der Waals surface area contributed by atoms with Gasteiger partial charge >= 0.3 is 0 Å². The van der Waals surface area contributed by atoms with Crippen molar-refractivity contribution in [3.8, 4) is 0 Å². The minimum atomic E-state index is 0.382. The standard InChI is InChI=1S/C16H30N2O/c1-14(2)19-13-16(4-5-16)12-18-8-6-15(7-9-18)10-17(3)11-15/h14H,4-13H2,1-3H3. The SMILES string of the molecule is CC(C)OCC1(CN2CCC3(CC2)CN(C)C3)CC1. The molecule has 0 aromatic rings. The lowest BCUT2D eigenvalue weighted by Gasteiger charge is -2.53. The maximum absolute atomic E-state index is 5.86. The van der Waals surface area contributed by atoms with Crippen LogP contribution in [0.1, 0.15) is 39.5 Å². The van der Waals surface area contributed by atoms with Crippen LogP contribution >= 0.6 is 0 Å². The molecule has 19 heavy (non-hydrogen) atoms. The van der Waals surface area contributed by atoms with Crippen LogP contribution in [0.2, 0.25) is 0 Å². The van der Waals surface area contributed by atoms with Crippen LogP contribution in [-0.4, -0.2) is 62.3 Å². The van der Waals surface area contributed by atoms with Crippen molar-refractivity contribution >= 4 is 0 Å². The molecule has 3 heteroatoms. The van der Waals surface area contributed by atoms with Gasteiger partial charge in [0, 0.05) is 25.0 Å². The predicted molar refractivity (Wildman–Crippen MR) is 78.4 cm³/mol. The fourth-order valence-corrected chi connectivity index (χ4v) is 3.94. The normalized spacial score (nSPS) is 29.7. The molecule has 3 aliphatic rings. The van der Waals surface area contributed by atoms with Gasteiger partial charge in [0.25, 0.3) is 0 Å². The summed E-state index contributed by atoms with van der Waals surface area (Å²) in [6.45, 7) is 11.9. The Hall–Kier alpha value is -0.120. The molecule has 0 N–H and O–H groups in total. The van der Waals surface area contributed by atoms with E-state index in [2.05, 4.69) is 30.7 Å². The summed E-state index contributed by atoms with van der Waals surface area (Å²) in [5.41, 5.74) is 1.21. The quantitative estimate of drug-likeness (QED) is 0.759. The molecule has 3 rings (SSSR count). The lowest BCUT2D eigenvalue weighted by molar-refractivity contribution is -0.0402. The van der Waals surface area contributed by atoms with Crippen LogP contribution in [0.5, 0.6) is 0 Å². The summed E-state index contributed by atoms with van der Waals surface area (Å²) in [4.78, 5) is 5.18. The molecular weight excluding hydrogens is 236 g/mol. The van der Waals surface area contributed by atoms with Crippen molar-refractivity contribution in [3.63, 3.8) is 0 Å². The summed E-state index contributed by atoms with van der Waals surface area (Å²) in [5.74, 6) is 0. The van der Waals surface area contributed by atoms with Gasteiger partial charge in [-0.05, 0) is 65.1 Å². The van der Waals surface area contributed by atoms with E-state index in [-0.39, 0.29) is 0 Å². The van der Waals surface area contributed by atoms with Crippen molar-refractivity contribution in [2.24, 2.45) is 10.8 Å². The number of hydrogen-bond acceptors (Lipinski definition) is 3. The Balaban J connectivity index is 1.42. The average Bonchev–Trinajstić information content (AvgIpc) is 3.08.